The number of H-pyrrole nitrogens is 1. The maximum Gasteiger partial charge on any atom is 0.251 e. The molecule has 0 aliphatic rings. The molecule has 1 heterocycles. The number of aryl methyl sites for hydroxylation is 1. The van der Waals surface area contributed by atoms with Crippen LogP contribution in [0.3, 0.4) is 0 Å². The van der Waals surface area contributed by atoms with Crippen molar-refractivity contribution in [2.24, 2.45) is 0 Å². The number of aromatic amines is 1. The van der Waals surface area contributed by atoms with Crippen molar-refractivity contribution in [2.75, 3.05) is 0 Å². The van der Waals surface area contributed by atoms with Crippen LogP contribution >= 0.6 is 11.8 Å². The highest BCUT2D eigenvalue weighted by Gasteiger charge is 2.00. The fourth-order valence-corrected chi connectivity index (χ4v) is 2.27. The van der Waals surface area contributed by atoms with Crippen LogP contribution in [0.1, 0.15) is 11.1 Å². The van der Waals surface area contributed by atoms with Crippen molar-refractivity contribution in [2.45, 2.75) is 17.8 Å². The maximum absolute atomic E-state index is 11.1. The van der Waals surface area contributed by atoms with Crippen LogP contribution in [0.4, 0.5) is 0 Å². The predicted molar refractivity (Wildman–Crippen MR) is 65.6 cm³/mol. The van der Waals surface area contributed by atoms with Crippen molar-refractivity contribution in [3.05, 3.63) is 58.0 Å². The quantitative estimate of drug-likeness (QED) is 0.652. The van der Waals surface area contributed by atoms with Gasteiger partial charge in [-0.1, -0.05) is 36.0 Å². The van der Waals surface area contributed by atoms with Gasteiger partial charge in [0.15, 0.2) is 5.16 Å². The Bertz CT molecular complexity index is 536. The summed E-state index contributed by atoms with van der Waals surface area (Å²) in [4.78, 5) is 17.8. The monoisotopic (exact) mass is 232 g/mol. The summed E-state index contributed by atoms with van der Waals surface area (Å²) in [7, 11) is 0. The van der Waals surface area contributed by atoms with Gasteiger partial charge < -0.3 is 4.98 Å². The van der Waals surface area contributed by atoms with Gasteiger partial charge in [0, 0.05) is 18.0 Å². The molecular weight excluding hydrogens is 220 g/mol. The lowest BCUT2D eigenvalue weighted by atomic mass is 10.1. The molecule has 0 amide bonds. The summed E-state index contributed by atoms with van der Waals surface area (Å²) in [6.07, 6.45) is 1.53. The molecule has 16 heavy (non-hydrogen) atoms. The lowest BCUT2D eigenvalue weighted by molar-refractivity contribution is 0.936. The smallest absolute Gasteiger partial charge is 0.251 e. The summed E-state index contributed by atoms with van der Waals surface area (Å²) < 4.78 is 0. The average molecular weight is 232 g/mol. The van der Waals surface area contributed by atoms with Crippen molar-refractivity contribution in [1.29, 1.82) is 0 Å². The standard InChI is InChI=1S/C12H12N2OS/c1-9-4-2-3-5-10(9)8-16-12-13-7-6-11(15)14-12/h2-7H,8H2,1H3,(H,13,14,15). The molecule has 0 unspecified atom stereocenters. The van der Waals surface area contributed by atoms with Gasteiger partial charge >= 0.3 is 0 Å². The van der Waals surface area contributed by atoms with Gasteiger partial charge in [-0.25, -0.2) is 4.98 Å². The van der Waals surface area contributed by atoms with Crippen molar-refractivity contribution in [3.63, 3.8) is 0 Å². The van der Waals surface area contributed by atoms with E-state index >= 15 is 0 Å². The maximum atomic E-state index is 11.1. The molecule has 0 aliphatic heterocycles. The van der Waals surface area contributed by atoms with Crippen LogP contribution in [0.15, 0.2) is 46.5 Å². The zero-order valence-corrected chi connectivity index (χ0v) is 9.75. The first-order chi connectivity index (χ1) is 7.75. The summed E-state index contributed by atoms with van der Waals surface area (Å²) >= 11 is 1.54. The molecule has 2 rings (SSSR count). The average Bonchev–Trinajstić information content (AvgIpc) is 2.28. The second-order valence-corrected chi connectivity index (χ2v) is 4.42. The molecule has 1 N–H and O–H groups in total. The lowest BCUT2D eigenvalue weighted by Crippen LogP contribution is -2.05. The first-order valence-corrected chi connectivity index (χ1v) is 5.97. The van der Waals surface area contributed by atoms with E-state index in [0.29, 0.717) is 5.16 Å². The van der Waals surface area contributed by atoms with Crippen LogP contribution in [0, 0.1) is 6.92 Å². The highest BCUT2D eigenvalue weighted by Crippen LogP contribution is 2.19. The third kappa shape index (κ3) is 2.73. The Morgan fingerprint density at radius 1 is 1.31 bits per heavy atom. The number of nitrogens with zero attached hydrogens (tertiary/aromatic N) is 1. The van der Waals surface area contributed by atoms with Crippen molar-refractivity contribution < 1.29 is 0 Å². The van der Waals surface area contributed by atoms with E-state index < -0.39 is 0 Å². The second-order valence-electron chi connectivity index (χ2n) is 3.45. The summed E-state index contributed by atoms with van der Waals surface area (Å²) in [5.41, 5.74) is 2.41. The number of nitrogens with one attached hydrogen (secondary N) is 1. The van der Waals surface area contributed by atoms with Crippen LogP contribution in [-0.4, -0.2) is 9.97 Å². The highest BCUT2D eigenvalue weighted by molar-refractivity contribution is 7.98. The van der Waals surface area contributed by atoms with Gasteiger partial charge in [-0.05, 0) is 18.1 Å². The molecular formula is C12H12N2OS. The van der Waals surface area contributed by atoms with Crippen LogP contribution in [-0.2, 0) is 5.75 Å². The number of rotatable bonds is 3. The van der Waals surface area contributed by atoms with Gasteiger partial charge in [0.1, 0.15) is 0 Å². The molecule has 0 saturated carbocycles. The fraction of sp³-hybridized carbons (Fsp3) is 0.167. The summed E-state index contributed by atoms with van der Waals surface area (Å²) in [5.74, 6) is 0.819. The van der Waals surface area contributed by atoms with E-state index in [1.54, 1.807) is 0 Å². The second kappa shape index (κ2) is 4.99. The van der Waals surface area contributed by atoms with E-state index in [1.807, 2.05) is 12.1 Å². The molecule has 0 aliphatic carbocycles. The SMILES string of the molecule is Cc1ccccc1CSc1nccc(=O)[nH]1. The first kappa shape index (κ1) is 11.0. The molecule has 0 saturated heterocycles. The first-order valence-electron chi connectivity index (χ1n) is 4.98. The molecule has 0 radical (unpaired) electrons. The van der Waals surface area contributed by atoms with Crippen molar-refractivity contribution in [3.8, 4) is 0 Å². The minimum absolute atomic E-state index is 0.109. The Balaban J connectivity index is 2.08. The van der Waals surface area contributed by atoms with Crippen LogP contribution in [0.2, 0.25) is 0 Å². The number of aromatic nitrogens is 2. The molecule has 4 heteroatoms. The molecule has 2 aromatic rings. The van der Waals surface area contributed by atoms with Crippen LogP contribution < -0.4 is 5.56 Å². The largest absolute Gasteiger partial charge is 0.301 e. The molecule has 82 valence electrons. The van der Waals surface area contributed by atoms with Crippen molar-refractivity contribution >= 4 is 11.8 Å². The van der Waals surface area contributed by atoms with E-state index in [-0.39, 0.29) is 5.56 Å². The molecule has 0 fully saturated rings. The highest BCUT2D eigenvalue weighted by atomic mass is 32.2. The molecule has 1 aromatic heterocycles. The molecule has 3 nitrogen and oxygen atoms in total. The van der Waals surface area contributed by atoms with E-state index in [1.165, 1.54) is 35.2 Å². The molecule has 0 spiro atoms. The Labute approximate surface area is 97.9 Å². The fourth-order valence-electron chi connectivity index (χ4n) is 1.34. The minimum Gasteiger partial charge on any atom is -0.301 e. The minimum atomic E-state index is -0.109. The van der Waals surface area contributed by atoms with Gasteiger partial charge in [-0.3, -0.25) is 4.79 Å². The summed E-state index contributed by atoms with van der Waals surface area (Å²) in [5, 5.41) is 0.663. The Morgan fingerprint density at radius 3 is 2.88 bits per heavy atom. The Morgan fingerprint density at radius 2 is 2.12 bits per heavy atom. The van der Waals surface area contributed by atoms with Gasteiger partial charge in [0.05, 0.1) is 0 Å². The van der Waals surface area contributed by atoms with Gasteiger partial charge in [0.2, 0.25) is 0 Å². The number of hydrogen-bond acceptors (Lipinski definition) is 3. The van der Waals surface area contributed by atoms with E-state index in [9.17, 15) is 4.79 Å². The van der Waals surface area contributed by atoms with E-state index in [0.717, 1.165) is 5.75 Å². The normalized spacial score (nSPS) is 10.3. The van der Waals surface area contributed by atoms with Gasteiger partial charge in [-0.15, -0.1) is 0 Å². The third-order valence-corrected chi connectivity index (χ3v) is 3.21. The summed E-state index contributed by atoms with van der Waals surface area (Å²) in [6, 6.07) is 9.62. The lowest BCUT2D eigenvalue weighted by Gasteiger charge is -2.03. The molecule has 0 bridgehead atoms. The van der Waals surface area contributed by atoms with Crippen LogP contribution in [0.25, 0.3) is 0 Å². The Kier molecular flexibility index (Phi) is 3.41. The number of benzene rings is 1. The van der Waals surface area contributed by atoms with E-state index in [4.69, 9.17) is 0 Å². The third-order valence-electron chi connectivity index (χ3n) is 2.27. The van der Waals surface area contributed by atoms with Crippen molar-refractivity contribution in [1.82, 2.24) is 9.97 Å². The number of thioether (sulfide) groups is 1. The molecule has 0 atom stereocenters. The molecule has 1 aromatic carbocycles. The predicted octanol–water partition coefficient (Wildman–Crippen LogP) is 2.37. The summed E-state index contributed by atoms with van der Waals surface area (Å²) in [6.45, 7) is 2.08. The zero-order valence-electron chi connectivity index (χ0n) is 8.93. The van der Waals surface area contributed by atoms with Gasteiger partial charge in [0.25, 0.3) is 5.56 Å². The van der Waals surface area contributed by atoms with E-state index in [2.05, 4.69) is 29.0 Å². The number of hydrogen-bond donors (Lipinski definition) is 1. The van der Waals surface area contributed by atoms with Gasteiger partial charge in [-0.2, -0.15) is 0 Å². The topological polar surface area (TPSA) is 45.8 Å². The van der Waals surface area contributed by atoms with Crippen LogP contribution in [0.5, 0.6) is 0 Å². The Hall–Kier alpha value is -1.55. The zero-order chi connectivity index (χ0) is 11.4.